The predicted molar refractivity (Wildman–Crippen MR) is 221 cm³/mol. The molecule has 4 saturated carbocycles. The molecule has 1 aromatic carbocycles. The van der Waals surface area contributed by atoms with Crippen LogP contribution in [0.4, 0.5) is 0 Å². The molecule has 9 atom stereocenters. The highest BCUT2D eigenvalue weighted by molar-refractivity contribution is 5.89. The van der Waals surface area contributed by atoms with Gasteiger partial charge in [-0.25, -0.2) is 9.59 Å². The Labute approximate surface area is 337 Å². The van der Waals surface area contributed by atoms with Crippen molar-refractivity contribution in [2.75, 3.05) is 6.54 Å². The summed E-state index contributed by atoms with van der Waals surface area (Å²) in [5.74, 6) is -0.212. The largest absolute Gasteiger partial charge is 0.480 e. The van der Waals surface area contributed by atoms with E-state index in [9.17, 15) is 24.3 Å². The van der Waals surface area contributed by atoms with Crippen molar-refractivity contribution in [2.24, 2.45) is 56.2 Å². The van der Waals surface area contributed by atoms with Crippen LogP contribution in [0, 0.1) is 56.2 Å². The summed E-state index contributed by atoms with van der Waals surface area (Å²) in [6.45, 7) is 21.4. The number of carbonyl (C=O) groups is 4. The summed E-state index contributed by atoms with van der Waals surface area (Å²) in [5.41, 5.74) is 2.08. The molecule has 5 aliphatic rings. The molecule has 0 bridgehead atoms. The van der Waals surface area contributed by atoms with Crippen molar-refractivity contribution in [2.45, 2.75) is 164 Å². The number of fused-ring (bicyclic) bond motifs is 7. The quantitative estimate of drug-likeness (QED) is 0.111. The van der Waals surface area contributed by atoms with Crippen molar-refractivity contribution in [3.63, 3.8) is 0 Å². The lowest BCUT2D eigenvalue weighted by Gasteiger charge is -2.71. The maximum absolute atomic E-state index is 14.5. The maximum Gasteiger partial charge on any atom is 0.338 e. The molecule has 8 heteroatoms. The molecular formula is C48H72N2O6. The van der Waals surface area contributed by atoms with E-state index in [1.54, 1.807) is 19.4 Å². The normalized spacial score (nSPS) is 36.0. The van der Waals surface area contributed by atoms with Crippen LogP contribution in [-0.4, -0.2) is 47.6 Å². The van der Waals surface area contributed by atoms with Gasteiger partial charge in [-0.15, -0.1) is 0 Å². The number of benzene rings is 1. The third kappa shape index (κ3) is 7.38. The first kappa shape index (κ1) is 42.4. The second-order valence-corrected chi connectivity index (χ2v) is 21.2. The summed E-state index contributed by atoms with van der Waals surface area (Å²) in [6, 6.07) is 8.54. The molecule has 0 radical (unpaired) electrons. The molecule has 5 aliphatic carbocycles. The number of nitrogens with one attached hydrogen (secondary N) is 2. The minimum atomic E-state index is -1.01. The number of esters is 1. The van der Waals surface area contributed by atoms with Crippen molar-refractivity contribution in [3.05, 3.63) is 47.5 Å². The number of rotatable bonds is 12. The number of unbranched alkanes of at least 4 members (excludes halogenated alkanes) is 2. The van der Waals surface area contributed by atoms with Crippen LogP contribution in [0.3, 0.4) is 0 Å². The first-order valence-corrected chi connectivity index (χ1v) is 22.0. The highest BCUT2D eigenvalue weighted by Crippen LogP contribution is 2.76. The average molecular weight is 773 g/mol. The lowest BCUT2D eigenvalue weighted by Crippen LogP contribution is -2.65. The molecule has 6 rings (SSSR count). The monoisotopic (exact) mass is 773 g/mol. The molecule has 1 aromatic rings. The number of carbonyl (C=O) groups excluding carboxylic acids is 3. The van der Waals surface area contributed by atoms with Gasteiger partial charge in [-0.3, -0.25) is 9.59 Å². The van der Waals surface area contributed by atoms with E-state index in [1.807, 2.05) is 30.3 Å². The molecule has 0 aromatic heterocycles. The molecule has 0 saturated heterocycles. The fourth-order valence-electron chi connectivity index (χ4n) is 13.3. The summed E-state index contributed by atoms with van der Waals surface area (Å²) in [7, 11) is 0. The van der Waals surface area contributed by atoms with Crippen LogP contribution in [-0.2, 0) is 19.1 Å². The Balaban J connectivity index is 1.15. The van der Waals surface area contributed by atoms with Crippen LogP contribution in [0.1, 0.15) is 163 Å². The number of hydrogen-bond donors (Lipinski definition) is 3. The van der Waals surface area contributed by atoms with Crippen molar-refractivity contribution in [1.29, 1.82) is 0 Å². The molecule has 3 unspecified atom stereocenters. The second-order valence-electron chi connectivity index (χ2n) is 21.2. The standard InChI is InChI=1S/C48H72N2O6/c1-31(2)39(40(52)53)50-38(51)18-14-11-15-29-49-42(55)48-27-25-43(3,4)30-34(48)33-19-20-36-45(7)23-22-37(56-41(54)32-16-12-10-13-17-32)44(5,6)35(45)21-24-47(36,9)46(33,8)26-28-48/h10,12-13,16-17,19,31,34-37,39H,11,14-15,18,20-30H2,1-9H3,(H,49,55)(H,50,51)(H,52,53)/t34?,35?,36?,37-,39-,45-,46+,47+,48-/m0/s1. The predicted octanol–water partition coefficient (Wildman–Crippen LogP) is 9.92. The Morgan fingerprint density at radius 2 is 1.54 bits per heavy atom. The van der Waals surface area contributed by atoms with E-state index in [4.69, 9.17) is 4.74 Å². The lowest BCUT2D eigenvalue weighted by atomic mass is 9.33. The van der Waals surface area contributed by atoms with E-state index < -0.39 is 17.4 Å². The van der Waals surface area contributed by atoms with Crippen LogP contribution in [0.5, 0.6) is 0 Å². The van der Waals surface area contributed by atoms with Gasteiger partial charge in [0.1, 0.15) is 12.1 Å². The Morgan fingerprint density at radius 3 is 2.21 bits per heavy atom. The van der Waals surface area contributed by atoms with Gasteiger partial charge in [0.2, 0.25) is 11.8 Å². The van der Waals surface area contributed by atoms with Crippen LogP contribution >= 0.6 is 0 Å². The smallest absolute Gasteiger partial charge is 0.338 e. The van der Waals surface area contributed by atoms with Gasteiger partial charge in [0.05, 0.1) is 11.0 Å². The van der Waals surface area contributed by atoms with E-state index in [-0.39, 0.29) is 69.2 Å². The van der Waals surface area contributed by atoms with E-state index in [0.717, 1.165) is 77.0 Å². The van der Waals surface area contributed by atoms with Gasteiger partial charge in [-0.2, -0.15) is 0 Å². The number of carboxylic acid groups (broad SMARTS) is 1. The lowest BCUT2D eigenvalue weighted by molar-refractivity contribution is -0.204. The zero-order valence-corrected chi connectivity index (χ0v) is 36.0. The summed E-state index contributed by atoms with van der Waals surface area (Å²) in [5, 5.41) is 15.4. The van der Waals surface area contributed by atoms with E-state index >= 15 is 0 Å². The molecule has 8 nitrogen and oxygen atoms in total. The highest BCUT2D eigenvalue weighted by Gasteiger charge is 2.69. The topological polar surface area (TPSA) is 122 Å². The molecule has 0 spiro atoms. The van der Waals surface area contributed by atoms with Crippen LogP contribution in [0.2, 0.25) is 0 Å². The van der Waals surface area contributed by atoms with Crippen LogP contribution in [0.15, 0.2) is 42.0 Å². The van der Waals surface area contributed by atoms with Crippen LogP contribution < -0.4 is 10.6 Å². The van der Waals surface area contributed by atoms with Crippen LogP contribution in [0.25, 0.3) is 0 Å². The zero-order chi connectivity index (χ0) is 40.9. The first-order chi connectivity index (χ1) is 26.2. The third-order valence-electron chi connectivity index (χ3n) is 16.9. The summed E-state index contributed by atoms with van der Waals surface area (Å²) in [6.07, 6.45) is 15.3. The summed E-state index contributed by atoms with van der Waals surface area (Å²) in [4.78, 5) is 51.7. The van der Waals surface area contributed by atoms with Gasteiger partial charge in [0.25, 0.3) is 0 Å². The van der Waals surface area contributed by atoms with Gasteiger partial charge in [0.15, 0.2) is 0 Å². The van der Waals surface area contributed by atoms with Crippen molar-refractivity contribution in [3.8, 4) is 0 Å². The first-order valence-electron chi connectivity index (χ1n) is 22.0. The average Bonchev–Trinajstić information content (AvgIpc) is 3.13. The van der Waals surface area contributed by atoms with Crippen molar-refractivity contribution in [1.82, 2.24) is 10.6 Å². The van der Waals surface area contributed by atoms with Crippen molar-refractivity contribution < 1.29 is 29.0 Å². The van der Waals surface area contributed by atoms with E-state index in [2.05, 4.69) is 65.2 Å². The molecule has 3 N–H and O–H groups in total. The van der Waals surface area contributed by atoms with Gasteiger partial charge < -0.3 is 20.5 Å². The fourth-order valence-corrected chi connectivity index (χ4v) is 13.3. The van der Waals surface area contributed by atoms with Gasteiger partial charge in [-0.05, 0) is 135 Å². The number of carboxylic acids is 1. The minimum Gasteiger partial charge on any atom is -0.480 e. The second kappa shape index (κ2) is 15.5. The Hall–Kier alpha value is -3.16. The Morgan fingerprint density at radius 1 is 0.839 bits per heavy atom. The van der Waals surface area contributed by atoms with E-state index in [0.29, 0.717) is 30.4 Å². The van der Waals surface area contributed by atoms with Crippen molar-refractivity contribution >= 4 is 23.8 Å². The molecule has 56 heavy (non-hydrogen) atoms. The van der Waals surface area contributed by atoms with Gasteiger partial charge in [-0.1, -0.05) is 98.6 Å². The molecule has 310 valence electrons. The minimum absolute atomic E-state index is 0.0162. The summed E-state index contributed by atoms with van der Waals surface area (Å²) < 4.78 is 6.33. The maximum atomic E-state index is 14.5. The number of hydrogen-bond acceptors (Lipinski definition) is 5. The Kier molecular flexibility index (Phi) is 11.8. The molecule has 4 fully saturated rings. The molecule has 2 amide bonds. The number of ether oxygens (including phenoxy) is 1. The van der Waals surface area contributed by atoms with E-state index in [1.165, 1.54) is 0 Å². The van der Waals surface area contributed by atoms with Gasteiger partial charge in [0, 0.05) is 18.4 Å². The number of aliphatic carboxylic acids is 1. The molecule has 0 aliphatic heterocycles. The highest BCUT2D eigenvalue weighted by atomic mass is 16.5. The molecule has 0 heterocycles. The number of amides is 2. The number of allylic oxidation sites excluding steroid dienone is 2. The fraction of sp³-hybridized carbons (Fsp3) is 0.750. The summed E-state index contributed by atoms with van der Waals surface area (Å²) >= 11 is 0. The molecular weight excluding hydrogens is 701 g/mol. The Bertz CT molecular complexity index is 1680. The zero-order valence-electron chi connectivity index (χ0n) is 36.0. The van der Waals surface area contributed by atoms with Gasteiger partial charge >= 0.3 is 11.9 Å². The third-order valence-corrected chi connectivity index (χ3v) is 16.9. The SMILES string of the molecule is CC(C)[C@H](NC(=O)CCCCCNC(=O)[C@]12CCC(C)(C)CC1C1=CCC3[C@@]4(C)CC[C@H](OC(=O)c5ccccc5)C(C)(C)C4CC[C@@]3(C)[C@]1(C)CC2)C(=O)O.